The molecular weight excluding hydrogens is 505 g/mol. The molecular formula is C29H34FN3O4S. The van der Waals surface area contributed by atoms with Crippen molar-refractivity contribution in [3.05, 3.63) is 101 Å². The number of carbonyl (C=O) groups is 2. The van der Waals surface area contributed by atoms with Crippen LogP contribution in [0.25, 0.3) is 0 Å². The van der Waals surface area contributed by atoms with E-state index in [0.717, 1.165) is 27.3 Å². The van der Waals surface area contributed by atoms with Gasteiger partial charge in [0.15, 0.2) is 0 Å². The molecule has 3 aromatic rings. The van der Waals surface area contributed by atoms with Gasteiger partial charge in [-0.15, -0.1) is 0 Å². The van der Waals surface area contributed by atoms with Gasteiger partial charge in [-0.2, -0.15) is 0 Å². The van der Waals surface area contributed by atoms with E-state index in [9.17, 15) is 22.4 Å². The molecule has 0 aromatic heterocycles. The second-order valence-corrected chi connectivity index (χ2v) is 11.1. The normalized spacial score (nSPS) is 12.0. The molecule has 0 spiro atoms. The summed E-state index contributed by atoms with van der Waals surface area (Å²) in [7, 11) is -2.25. The Bertz CT molecular complexity index is 1350. The van der Waals surface area contributed by atoms with Crippen molar-refractivity contribution in [1.82, 2.24) is 10.2 Å². The number of sulfonamides is 1. The summed E-state index contributed by atoms with van der Waals surface area (Å²) in [6.45, 7) is 2.09. The fourth-order valence-electron chi connectivity index (χ4n) is 4.33. The van der Waals surface area contributed by atoms with Gasteiger partial charge in [-0.25, -0.2) is 12.8 Å². The molecule has 0 aliphatic carbocycles. The van der Waals surface area contributed by atoms with Crippen molar-refractivity contribution >= 4 is 27.5 Å². The highest BCUT2D eigenvalue weighted by molar-refractivity contribution is 7.92. The molecule has 0 aliphatic heterocycles. The predicted octanol–water partition coefficient (Wildman–Crippen LogP) is 4.07. The number of anilines is 1. The van der Waals surface area contributed by atoms with Crippen molar-refractivity contribution in [3.8, 4) is 0 Å². The van der Waals surface area contributed by atoms with E-state index in [1.807, 2.05) is 61.5 Å². The van der Waals surface area contributed by atoms with Gasteiger partial charge in [0.25, 0.3) is 0 Å². The number of nitrogens with zero attached hydrogens (tertiary/aromatic N) is 2. The van der Waals surface area contributed by atoms with Gasteiger partial charge in [-0.05, 0) is 42.2 Å². The van der Waals surface area contributed by atoms with Crippen molar-refractivity contribution in [2.45, 2.75) is 38.8 Å². The first kappa shape index (κ1) is 28.8. The summed E-state index contributed by atoms with van der Waals surface area (Å²) in [5.74, 6) is -1.24. The lowest BCUT2D eigenvalue weighted by Crippen LogP contribution is -2.50. The fourth-order valence-corrected chi connectivity index (χ4v) is 5.29. The zero-order valence-electron chi connectivity index (χ0n) is 21.9. The third-order valence-electron chi connectivity index (χ3n) is 6.39. The van der Waals surface area contributed by atoms with Crippen LogP contribution in [0.1, 0.15) is 29.5 Å². The van der Waals surface area contributed by atoms with E-state index in [2.05, 4.69) is 5.32 Å². The molecule has 0 fully saturated rings. The van der Waals surface area contributed by atoms with E-state index in [0.29, 0.717) is 6.42 Å². The first-order chi connectivity index (χ1) is 18.1. The molecule has 0 saturated heterocycles. The third kappa shape index (κ3) is 7.64. The molecule has 3 aromatic carbocycles. The van der Waals surface area contributed by atoms with Crippen molar-refractivity contribution in [3.63, 3.8) is 0 Å². The number of hydrogen-bond acceptors (Lipinski definition) is 4. The van der Waals surface area contributed by atoms with Crippen molar-refractivity contribution in [2.75, 3.05) is 24.2 Å². The molecule has 1 N–H and O–H groups in total. The Hall–Kier alpha value is -3.72. The topological polar surface area (TPSA) is 86.8 Å². The molecule has 0 unspecified atom stereocenters. The van der Waals surface area contributed by atoms with Crippen LogP contribution in [0.3, 0.4) is 0 Å². The number of para-hydroxylation sites is 1. The predicted molar refractivity (Wildman–Crippen MR) is 148 cm³/mol. The summed E-state index contributed by atoms with van der Waals surface area (Å²) in [5.41, 5.74) is 2.74. The average Bonchev–Trinajstić information content (AvgIpc) is 2.89. The largest absolute Gasteiger partial charge is 0.357 e. The summed E-state index contributed by atoms with van der Waals surface area (Å²) < 4.78 is 40.2. The number of rotatable bonds is 12. The van der Waals surface area contributed by atoms with Crippen LogP contribution < -0.4 is 9.62 Å². The maximum atomic E-state index is 14.4. The summed E-state index contributed by atoms with van der Waals surface area (Å²) in [6.07, 6.45) is 1.46. The van der Waals surface area contributed by atoms with E-state index in [4.69, 9.17) is 0 Å². The molecule has 0 aliphatic rings. The Kier molecular flexibility index (Phi) is 10.0. The molecule has 7 nitrogen and oxygen atoms in total. The first-order valence-corrected chi connectivity index (χ1v) is 14.3. The smallest absolute Gasteiger partial charge is 0.242 e. The molecule has 0 saturated carbocycles. The number of amides is 2. The van der Waals surface area contributed by atoms with Gasteiger partial charge in [0.1, 0.15) is 11.9 Å². The van der Waals surface area contributed by atoms with Crippen molar-refractivity contribution in [1.29, 1.82) is 0 Å². The maximum absolute atomic E-state index is 14.4. The van der Waals surface area contributed by atoms with Crippen LogP contribution in [0.4, 0.5) is 10.1 Å². The monoisotopic (exact) mass is 539 g/mol. The van der Waals surface area contributed by atoms with Gasteiger partial charge in [0.2, 0.25) is 21.8 Å². The first-order valence-electron chi connectivity index (χ1n) is 12.4. The molecule has 0 bridgehead atoms. The van der Waals surface area contributed by atoms with E-state index >= 15 is 0 Å². The van der Waals surface area contributed by atoms with Crippen LogP contribution in [0.5, 0.6) is 0 Å². The number of carbonyl (C=O) groups excluding carboxylic acids is 2. The lowest BCUT2D eigenvalue weighted by molar-refractivity contribution is -0.141. The third-order valence-corrected chi connectivity index (χ3v) is 7.57. The minimum atomic E-state index is -3.78. The van der Waals surface area contributed by atoms with Crippen LogP contribution in [-0.2, 0) is 32.6 Å². The Balaban J connectivity index is 1.86. The highest BCUT2D eigenvalue weighted by Gasteiger charge is 2.30. The zero-order chi connectivity index (χ0) is 27.7. The van der Waals surface area contributed by atoms with E-state index in [1.165, 1.54) is 25.2 Å². The highest BCUT2D eigenvalue weighted by Crippen LogP contribution is 2.23. The number of nitrogens with one attached hydrogen (secondary N) is 1. The Morgan fingerprint density at radius 1 is 0.947 bits per heavy atom. The number of likely N-dealkylation sites (N-methyl/N-ethyl adjacent to an activating group) is 1. The van der Waals surface area contributed by atoms with Crippen LogP contribution in [0.2, 0.25) is 0 Å². The van der Waals surface area contributed by atoms with Crippen molar-refractivity contribution < 1.29 is 22.4 Å². The molecule has 202 valence electrons. The van der Waals surface area contributed by atoms with Gasteiger partial charge >= 0.3 is 0 Å². The van der Waals surface area contributed by atoms with Gasteiger partial charge in [0.05, 0.1) is 11.9 Å². The molecule has 3 rings (SSSR count). The lowest BCUT2D eigenvalue weighted by atomic mass is 10.0. The minimum absolute atomic E-state index is 0.0192. The summed E-state index contributed by atoms with van der Waals surface area (Å²) >= 11 is 0. The lowest BCUT2D eigenvalue weighted by Gasteiger charge is -2.32. The second kappa shape index (κ2) is 13.2. The number of aryl methyl sites for hydroxylation is 1. The number of hydrogen-bond donors (Lipinski definition) is 1. The fraction of sp³-hybridized carbons (Fsp3) is 0.310. The zero-order valence-corrected chi connectivity index (χ0v) is 22.7. The maximum Gasteiger partial charge on any atom is 0.242 e. The average molecular weight is 540 g/mol. The summed E-state index contributed by atoms with van der Waals surface area (Å²) in [5, 5.41) is 2.68. The number of halogens is 1. The van der Waals surface area contributed by atoms with Gasteiger partial charge < -0.3 is 10.2 Å². The quantitative estimate of drug-likeness (QED) is 0.376. The molecule has 0 heterocycles. The van der Waals surface area contributed by atoms with Crippen molar-refractivity contribution in [2.24, 2.45) is 0 Å². The molecule has 2 amide bonds. The Morgan fingerprint density at radius 3 is 2.21 bits per heavy atom. The van der Waals surface area contributed by atoms with Gasteiger partial charge in [-0.1, -0.05) is 66.7 Å². The SMILES string of the molecule is CNC(=O)[C@H](Cc1ccccc1)N(Cc1ccccc1C)C(=O)CCCN(c1ccccc1F)S(C)(=O)=O. The molecule has 0 radical (unpaired) electrons. The Morgan fingerprint density at radius 2 is 1.58 bits per heavy atom. The second-order valence-electron chi connectivity index (χ2n) is 9.16. The van der Waals surface area contributed by atoms with Gasteiger partial charge in [0, 0.05) is 33.0 Å². The van der Waals surface area contributed by atoms with Crippen LogP contribution in [0.15, 0.2) is 78.9 Å². The number of benzene rings is 3. The highest BCUT2D eigenvalue weighted by atomic mass is 32.2. The molecule has 9 heteroatoms. The van der Waals surface area contributed by atoms with Crippen LogP contribution >= 0.6 is 0 Å². The molecule has 1 atom stereocenters. The summed E-state index contributed by atoms with van der Waals surface area (Å²) in [4.78, 5) is 28.2. The van der Waals surface area contributed by atoms with Gasteiger partial charge in [-0.3, -0.25) is 13.9 Å². The van der Waals surface area contributed by atoms with E-state index in [1.54, 1.807) is 11.0 Å². The standard InChI is InChI=1S/C29H34FN3O4S/c1-22-12-7-8-15-24(22)21-32(27(29(35)31-2)20-23-13-5-4-6-14-23)28(34)18-11-19-33(38(3,36)37)26-17-10-9-16-25(26)30/h4-10,12-17,27H,11,18-21H2,1-3H3,(H,31,35)/t27-/m0/s1. The minimum Gasteiger partial charge on any atom is -0.357 e. The Labute approximate surface area is 224 Å². The van der Waals surface area contributed by atoms with Crippen LogP contribution in [0, 0.1) is 12.7 Å². The van der Waals surface area contributed by atoms with E-state index in [-0.39, 0.29) is 43.4 Å². The van der Waals surface area contributed by atoms with Crippen LogP contribution in [-0.4, -0.2) is 51.0 Å². The molecule has 38 heavy (non-hydrogen) atoms. The van der Waals surface area contributed by atoms with E-state index < -0.39 is 21.9 Å². The summed E-state index contributed by atoms with van der Waals surface area (Å²) in [6, 6.07) is 22.0.